The van der Waals surface area contributed by atoms with Gasteiger partial charge < -0.3 is 29.4 Å². The number of hydrogen-bond acceptors (Lipinski definition) is 6. The summed E-state index contributed by atoms with van der Waals surface area (Å²) in [5, 5.41) is 0. The molecule has 0 N–H and O–H groups in total. The molecule has 0 radical (unpaired) electrons. The highest BCUT2D eigenvalue weighted by Gasteiger charge is 2.22. The van der Waals surface area contributed by atoms with E-state index in [-0.39, 0.29) is 35.4 Å². The minimum absolute atomic E-state index is 0.00398. The van der Waals surface area contributed by atoms with Gasteiger partial charge in [0.05, 0.1) is 0 Å². The van der Waals surface area contributed by atoms with E-state index in [1.54, 1.807) is 71.1 Å². The maximum atomic E-state index is 12.9. The monoisotopic (exact) mass is 624 g/mol. The van der Waals surface area contributed by atoms with Crippen LogP contribution in [0.25, 0.3) is 0 Å². The molecule has 254 valence electrons. The van der Waals surface area contributed by atoms with Crippen molar-refractivity contribution in [2.75, 3.05) is 79.0 Å². The van der Waals surface area contributed by atoms with Crippen molar-refractivity contribution < 1.29 is 28.8 Å². The summed E-state index contributed by atoms with van der Waals surface area (Å²) in [7, 11) is 1.72. The summed E-state index contributed by atoms with van der Waals surface area (Å²) in [4.78, 5) is 85.6. The van der Waals surface area contributed by atoms with Crippen LogP contribution in [0.1, 0.15) is 93.4 Å². The average molecular weight is 625 g/mol. The molecule has 44 heavy (non-hydrogen) atoms. The minimum Gasteiger partial charge on any atom is -0.344 e. The Hall–Kier alpha value is -3.18. The summed E-state index contributed by atoms with van der Waals surface area (Å²) in [6, 6.07) is 0. The third-order valence-corrected chi connectivity index (χ3v) is 7.76. The van der Waals surface area contributed by atoms with Crippen LogP contribution in [0.2, 0.25) is 0 Å². The van der Waals surface area contributed by atoms with Crippen molar-refractivity contribution in [2.24, 2.45) is 0 Å². The number of likely N-dealkylation sites (N-methyl/N-ethyl adjacent to an activating group) is 1. The molecule has 0 aliphatic carbocycles. The molecule has 0 fully saturated rings. The number of hydrogen-bond donors (Lipinski definition) is 0. The molecule has 0 saturated carbocycles. The van der Waals surface area contributed by atoms with E-state index >= 15 is 0 Å². The van der Waals surface area contributed by atoms with Gasteiger partial charge in [-0.2, -0.15) is 0 Å². The van der Waals surface area contributed by atoms with Crippen LogP contribution in [-0.2, 0) is 28.8 Å². The van der Waals surface area contributed by atoms with Gasteiger partial charge in [-0.05, 0) is 6.42 Å². The highest BCUT2D eigenvalue weighted by molar-refractivity contribution is 5.79. The highest BCUT2D eigenvalue weighted by atomic mass is 16.2. The quantitative estimate of drug-likeness (QED) is 0.172. The molecule has 0 bridgehead atoms. The van der Waals surface area contributed by atoms with Gasteiger partial charge in [-0.1, -0.05) is 48.5 Å². The Balaban J connectivity index is 5.52. The standard InChI is InChI=1S/C32H60N6O6/c1-9-16-34(28(40)11-3)19-20-36(30(42)13-5)23-24-38(32(44)15-7)26-25-37(31(43)14-6)22-21-35(29(41)12-4)18-17-33(8)27(39)10-2/h9-26H2,1-8H3. The summed E-state index contributed by atoms with van der Waals surface area (Å²) in [6.07, 6.45) is 2.87. The van der Waals surface area contributed by atoms with Gasteiger partial charge in [-0.25, -0.2) is 0 Å². The van der Waals surface area contributed by atoms with Crippen LogP contribution in [0.4, 0.5) is 0 Å². The van der Waals surface area contributed by atoms with Gasteiger partial charge in [0.1, 0.15) is 0 Å². The number of carbonyl (C=O) groups excluding carboxylic acids is 6. The van der Waals surface area contributed by atoms with Crippen LogP contribution in [0.3, 0.4) is 0 Å². The Labute approximate surface area is 266 Å². The van der Waals surface area contributed by atoms with Crippen molar-refractivity contribution in [1.29, 1.82) is 0 Å². The molecule has 12 nitrogen and oxygen atoms in total. The van der Waals surface area contributed by atoms with Crippen molar-refractivity contribution in [3.05, 3.63) is 0 Å². The lowest BCUT2D eigenvalue weighted by Crippen LogP contribution is -2.48. The maximum Gasteiger partial charge on any atom is 0.222 e. The molecule has 0 aromatic rings. The second kappa shape index (κ2) is 23.2. The zero-order chi connectivity index (χ0) is 33.7. The largest absolute Gasteiger partial charge is 0.344 e. The number of amides is 6. The third-order valence-electron chi connectivity index (χ3n) is 7.76. The first-order valence-electron chi connectivity index (χ1n) is 16.6. The minimum atomic E-state index is -0.0736. The molecule has 0 atom stereocenters. The Morgan fingerprint density at radius 3 is 0.727 bits per heavy atom. The predicted octanol–water partition coefficient (Wildman–Crippen LogP) is 2.46. The first-order valence-corrected chi connectivity index (χ1v) is 16.6. The fraction of sp³-hybridized carbons (Fsp3) is 0.812. The van der Waals surface area contributed by atoms with Crippen molar-refractivity contribution in [3.8, 4) is 0 Å². The van der Waals surface area contributed by atoms with E-state index in [1.165, 1.54) is 0 Å². The van der Waals surface area contributed by atoms with Crippen LogP contribution in [0.15, 0.2) is 0 Å². The molecule has 0 aliphatic heterocycles. The van der Waals surface area contributed by atoms with Gasteiger partial charge >= 0.3 is 0 Å². The SMILES string of the molecule is CCCN(CCN(CCN(CCN(CCN(CCN(C)C(=O)CC)C(=O)CC)C(=O)CC)C(=O)CC)C(=O)CC)C(=O)CC. The summed E-state index contributed by atoms with van der Waals surface area (Å²) in [5.74, 6) is -0.172. The first-order chi connectivity index (χ1) is 20.9. The highest BCUT2D eigenvalue weighted by Crippen LogP contribution is 2.05. The molecule has 0 heterocycles. The van der Waals surface area contributed by atoms with Gasteiger partial charge in [-0.3, -0.25) is 28.8 Å². The van der Waals surface area contributed by atoms with Crippen molar-refractivity contribution in [2.45, 2.75) is 93.4 Å². The molecule has 0 aromatic carbocycles. The molecule has 0 spiro atoms. The fourth-order valence-electron chi connectivity index (χ4n) is 4.82. The van der Waals surface area contributed by atoms with E-state index < -0.39 is 0 Å². The van der Waals surface area contributed by atoms with Gasteiger partial charge in [-0.15, -0.1) is 0 Å². The van der Waals surface area contributed by atoms with Crippen molar-refractivity contribution >= 4 is 35.4 Å². The molecule has 0 aromatic heterocycles. The molecule has 6 amide bonds. The smallest absolute Gasteiger partial charge is 0.222 e. The first kappa shape index (κ1) is 40.8. The lowest BCUT2D eigenvalue weighted by molar-refractivity contribution is -0.138. The van der Waals surface area contributed by atoms with Gasteiger partial charge in [0.2, 0.25) is 35.4 Å². The Morgan fingerprint density at radius 2 is 0.523 bits per heavy atom. The predicted molar refractivity (Wildman–Crippen MR) is 173 cm³/mol. The van der Waals surface area contributed by atoms with Crippen LogP contribution in [-0.4, -0.2) is 144 Å². The molecule has 0 rings (SSSR count). The van der Waals surface area contributed by atoms with Gasteiger partial charge in [0.15, 0.2) is 0 Å². The van der Waals surface area contributed by atoms with Crippen LogP contribution >= 0.6 is 0 Å². The second-order valence-electron chi connectivity index (χ2n) is 10.8. The summed E-state index contributed by atoms with van der Waals surface area (Å²) >= 11 is 0. The molecular formula is C32H60N6O6. The lowest BCUT2D eigenvalue weighted by atomic mass is 10.3. The van der Waals surface area contributed by atoms with Crippen LogP contribution in [0, 0.1) is 0 Å². The van der Waals surface area contributed by atoms with Crippen molar-refractivity contribution in [1.82, 2.24) is 29.4 Å². The van der Waals surface area contributed by atoms with Crippen LogP contribution in [0.5, 0.6) is 0 Å². The van der Waals surface area contributed by atoms with E-state index in [0.29, 0.717) is 111 Å². The Morgan fingerprint density at radius 1 is 0.318 bits per heavy atom. The normalized spacial score (nSPS) is 10.6. The van der Waals surface area contributed by atoms with E-state index in [2.05, 4.69) is 0 Å². The van der Waals surface area contributed by atoms with Gasteiger partial charge in [0.25, 0.3) is 0 Å². The number of rotatable bonds is 23. The lowest BCUT2D eigenvalue weighted by Gasteiger charge is -2.32. The molecular weight excluding hydrogens is 564 g/mol. The average Bonchev–Trinajstić information content (AvgIpc) is 3.05. The Kier molecular flexibility index (Phi) is 21.6. The topological polar surface area (TPSA) is 122 Å². The van der Waals surface area contributed by atoms with Crippen molar-refractivity contribution in [3.63, 3.8) is 0 Å². The van der Waals surface area contributed by atoms with E-state index in [0.717, 1.165) is 6.42 Å². The zero-order valence-corrected chi connectivity index (χ0v) is 28.9. The molecule has 12 heteroatoms. The van der Waals surface area contributed by atoms with E-state index in [9.17, 15) is 28.8 Å². The van der Waals surface area contributed by atoms with Crippen LogP contribution < -0.4 is 0 Å². The number of nitrogens with zero attached hydrogens (tertiary/aromatic N) is 6. The van der Waals surface area contributed by atoms with E-state index in [1.807, 2.05) is 13.8 Å². The number of carbonyl (C=O) groups is 6. The second-order valence-corrected chi connectivity index (χ2v) is 10.8. The Bertz CT molecular complexity index is 914. The maximum absolute atomic E-state index is 12.9. The zero-order valence-electron chi connectivity index (χ0n) is 28.9. The van der Waals surface area contributed by atoms with E-state index in [4.69, 9.17) is 0 Å². The third kappa shape index (κ3) is 15.0. The summed E-state index contributed by atoms with van der Waals surface area (Å²) < 4.78 is 0. The molecule has 0 saturated heterocycles. The fourth-order valence-corrected chi connectivity index (χ4v) is 4.82. The van der Waals surface area contributed by atoms with Gasteiger partial charge in [0, 0.05) is 118 Å². The summed E-state index contributed by atoms with van der Waals surface area (Å²) in [6.45, 7) is 17.0. The molecule has 0 aliphatic rings. The summed E-state index contributed by atoms with van der Waals surface area (Å²) in [5.41, 5.74) is 0. The molecule has 0 unspecified atom stereocenters.